The van der Waals surface area contributed by atoms with Gasteiger partial charge in [-0.3, -0.25) is 14.4 Å². The van der Waals surface area contributed by atoms with E-state index in [1.54, 1.807) is 0 Å². The van der Waals surface area contributed by atoms with Crippen molar-refractivity contribution in [1.29, 1.82) is 0 Å². The molecule has 0 fully saturated rings. The fourth-order valence-corrected chi connectivity index (χ4v) is 1.77. The van der Waals surface area contributed by atoms with Crippen molar-refractivity contribution in [3.8, 4) is 0 Å². The maximum atomic E-state index is 12.1. The zero-order valence-electron chi connectivity index (χ0n) is 9.60. The first-order valence-corrected chi connectivity index (χ1v) is 5.82. The molecule has 0 atom stereocenters. The summed E-state index contributed by atoms with van der Waals surface area (Å²) in [5, 5.41) is 8.86. The minimum Gasteiger partial charge on any atom is -0.480 e. The average molecular weight is 305 g/mol. The van der Waals surface area contributed by atoms with Gasteiger partial charge in [-0.05, 0) is 12.1 Å². The molecule has 0 aliphatic heterocycles. The van der Waals surface area contributed by atoms with Gasteiger partial charge in [-0.15, -0.1) is 0 Å². The van der Waals surface area contributed by atoms with Crippen molar-refractivity contribution >= 4 is 41.0 Å². The summed E-state index contributed by atoms with van der Waals surface area (Å²) in [6.45, 7) is -1.18. The van der Waals surface area contributed by atoms with Crippen molar-refractivity contribution in [2.24, 2.45) is 5.73 Å². The number of halogens is 2. The van der Waals surface area contributed by atoms with Gasteiger partial charge in [0.1, 0.15) is 13.1 Å². The lowest BCUT2D eigenvalue weighted by atomic mass is 10.2. The molecule has 1 aromatic rings. The van der Waals surface area contributed by atoms with Crippen molar-refractivity contribution in [3.05, 3.63) is 33.8 Å². The molecule has 8 heteroatoms. The Balaban J connectivity index is 3.07. The van der Waals surface area contributed by atoms with Crippen LogP contribution in [-0.2, 0) is 9.59 Å². The summed E-state index contributed by atoms with van der Waals surface area (Å²) < 4.78 is 0. The Morgan fingerprint density at radius 1 is 1.21 bits per heavy atom. The summed E-state index contributed by atoms with van der Waals surface area (Å²) in [5.41, 5.74) is 4.98. The normalized spacial score (nSPS) is 10.0. The van der Waals surface area contributed by atoms with Crippen LogP contribution < -0.4 is 5.73 Å². The molecule has 0 unspecified atom stereocenters. The molecule has 0 aliphatic rings. The summed E-state index contributed by atoms with van der Waals surface area (Å²) in [6, 6.07) is 4.35. The average Bonchev–Trinajstić information content (AvgIpc) is 2.30. The standard InChI is InChI=1S/C11H10Cl2N2O4/c12-7-3-1-2-6(10(7)13)11(19)15(4-8(14)16)5-9(17)18/h1-3H,4-5H2,(H2,14,16)(H,17,18). The lowest BCUT2D eigenvalue weighted by Gasteiger charge is -2.19. The number of nitrogens with two attached hydrogens (primary N) is 1. The number of rotatable bonds is 5. The van der Waals surface area contributed by atoms with Crippen LogP contribution >= 0.6 is 23.2 Å². The molecule has 0 spiro atoms. The SMILES string of the molecule is NC(=O)CN(CC(=O)O)C(=O)c1cccc(Cl)c1Cl. The summed E-state index contributed by atoms with van der Waals surface area (Å²) in [5.74, 6) is -2.82. The second-order valence-corrected chi connectivity index (χ2v) is 4.41. The molecular formula is C11H10Cl2N2O4. The van der Waals surface area contributed by atoms with Crippen LogP contribution in [0.3, 0.4) is 0 Å². The van der Waals surface area contributed by atoms with Gasteiger partial charge in [0.05, 0.1) is 15.6 Å². The largest absolute Gasteiger partial charge is 0.480 e. The van der Waals surface area contributed by atoms with Crippen molar-refractivity contribution in [2.45, 2.75) is 0 Å². The molecule has 0 aliphatic carbocycles. The van der Waals surface area contributed by atoms with Gasteiger partial charge in [-0.2, -0.15) is 0 Å². The second kappa shape index (κ2) is 6.40. The summed E-state index contributed by atoms with van der Waals surface area (Å²) >= 11 is 11.6. The van der Waals surface area contributed by atoms with Crippen LogP contribution in [0.5, 0.6) is 0 Å². The van der Waals surface area contributed by atoms with E-state index in [1.807, 2.05) is 0 Å². The van der Waals surface area contributed by atoms with Crippen molar-refractivity contribution in [1.82, 2.24) is 4.90 Å². The number of carboxylic acid groups (broad SMARTS) is 1. The van der Waals surface area contributed by atoms with E-state index in [0.717, 1.165) is 4.90 Å². The van der Waals surface area contributed by atoms with Gasteiger partial charge in [0, 0.05) is 0 Å². The lowest BCUT2D eigenvalue weighted by molar-refractivity contribution is -0.138. The smallest absolute Gasteiger partial charge is 0.323 e. The van der Waals surface area contributed by atoms with Crippen LogP contribution in [-0.4, -0.2) is 40.9 Å². The number of primary amides is 1. The molecule has 102 valence electrons. The highest BCUT2D eigenvalue weighted by molar-refractivity contribution is 6.43. The molecule has 6 nitrogen and oxygen atoms in total. The Bertz CT molecular complexity index is 517. The van der Waals surface area contributed by atoms with Crippen LogP contribution in [0, 0.1) is 0 Å². The van der Waals surface area contributed by atoms with E-state index >= 15 is 0 Å². The van der Waals surface area contributed by atoms with Crippen molar-refractivity contribution in [2.75, 3.05) is 13.1 Å². The topological polar surface area (TPSA) is 101 Å². The van der Waals surface area contributed by atoms with Crippen LogP contribution in [0.1, 0.15) is 10.4 Å². The van der Waals surface area contributed by atoms with Crippen LogP contribution in [0.15, 0.2) is 18.2 Å². The molecule has 19 heavy (non-hydrogen) atoms. The van der Waals surface area contributed by atoms with Gasteiger partial charge in [-0.25, -0.2) is 0 Å². The van der Waals surface area contributed by atoms with Crippen molar-refractivity contribution in [3.63, 3.8) is 0 Å². The minimum atomic E-state index is -1.27. The van der Waals surface area contributed by atoms with Crippen molar-refractivity contribution < 1.29 is 19.5 Å². The van der Waals surface area contributed by atoms with Gasteiger partial charge < -0.3 is 15.7 Å². The van der Waals surface area contributed by atoms with Gasteiger partial charge in [0.2, 0.25) is 5.91 Å². The Morgan fingerprint density at radius 2 is 1.84 bits per heavy atom. The van der Waals surface area contributed by atoms with Gasteiger partial charge in [-0.1, -0.05) is 29.3 Å². The number of carbonyl (C=O) groups excluding carboxylic acids is 2. The molecule has 0 aromatic heterocycles. The number of benzene rings is 1. The first-order chi connectivity index (χ1) is 8.82. The molecule has 1 rings (SSSR count). The number of nitrogens with zero attached hydrogens (tertiary/aromatic N) is 1. The molecule has 0 saturated carbocycles. The quantitative estimate of drug-likeness (QED) is 0.847. The monoisotopic (exact) mass is 304 g/mol. The Hall–Kier alpha value is -1.79. The van der Waals surface area contributed by atoms with E-state index < -0.39 is 30.9 Å². The molecule has 1 aromatic carbocycles. The van der Waals surface area contributed by atoms with Gasteiger partial charge in [0.15, 0.2) is 0 Å². The van der Waals surface area contributed by atoms with Crippen LogP contribution in [0.2, 0.25) is 10.0 Å². The minimum absolute atomic E-state index is 0.00553. The predicted octanol–water partition coefficient (Wildman–Crippen LogP) is 1.01. The lowest BCUT2D eigenvalue weighted by Crippen LogP contribution is -2.41. The zero-order chi connectivity index (χ0) is 14.6. The van der Waals surface area contributed by atoms with E-state index in [4.69, 9.17) is 34.0 Å². The number of amides is 2. The Labute approximate surface area is 118 Å². The third-order valence-corrected chi connectivity index (χ3v) is 2.96. The fraction of sp³-hybridized carbons (Fsp3) is 0.182. The maximum Gasteiger partial charge on any atom is 0.323 e. The van der Waals surface area contributed by atoms with E-state index in [-0.39, 0.29) is 15.6 Å². The first kappa shape index (κ1) is 15.3. The summed E-state index contributed by atoms with van der Waals surface area (Å²) in [7, 11) is 0. The summed E-state index contributed by atoms with van der Waals surface area (Å²) in [4.78, 5) is 34.4. The van der Waals surface area contributed by atoms with E-state index in [2.05, 4.69) is 0 Å². The molecule has 3 N–H and O–H groups in total. The van der Waals surface area contributed by atoms with E-state index in [9.17, 15) is 14.4 Å². The fourth-order valence-electron chi connectivity index (χ4n) is 1.39. The molecule has 0 radical (unpaired) electrons. The second-order valence-electron chi connectivity index (χ2n) is 3.62. The highest BCUT2D eigenvalue weighted by Gasteiger charge is 2.22. The molecular weight excluding hydrogens is 295 g/mol. The molecule has 0 bridgehead atoms. The third kappa shape index (κ3) is 4.11. The Morgan fingerprint density at radius 3 is 2.37 bits per heavy atom. The zero-order valence-corrected chi connectivity index (χ0v) is 11.1. The number of hydrogen-bond acceptors (Lipinski definition) is 3. The molecule has 2 amide bonds. The third-order valence-electron chi connectivity index (χ3n) is 2.14. The van der Waals surface area contributed by atoms with E-state index in [0.29, 0.717) is 0 Å². The number of carboxylic acids is 1. The number of hydrogen-bond donors (Lipinski definition) is 2. The van der Waals surface area contributed by atoms with E-state index in [1.165, 1.54) is 18.2 Å². The highest BCUT2D eigenvalue weighted by atomic mass is 35.5. The predicted molar refractivity (Wildman–Crippen MR) is 69.2 cm³/mol. The number of carbonyl (C=O) groups is 3. The maximum absolute atomic E-state index is 12.1. The number of aliphatic carboxylic acids is 1. The van der Waals surface area contributed by atoms with Gasteiger partial charge >= 0.3 is 5.97 Å². The van der Waals surface area contributed by atoms with Crippen LogP contribution in [0.25, 0.3) is 0 Å². The Kier molecular flexibility index (Phi) is 5.14. The van der Waals surface area contributed by atoms with Crippen LogP contribution in [0.4, 0.5) is 0 Å². The highest BCUT2D eigenvalue weighted by Crippen LogP contribution is 2.26. The molecule has 0 saturated heterocycles. The van der Waals surface area contributed by atoms with Gasteiger partial charge in [0.25, 0.3) is 5.91 Å². The molecule has 0 heterocycles. The summed E-state index contributed by atoms with van der Waals surface area (Å²) in [6.07, 6.45) is 0. The first-order valence-electron chi connectivity index (χ1n) is 5.06.